The molecule has 246 valence electrons. The summed E-state index contributed by atoms with van der Waals surface area (Å²) in [6.45, 7) is 15.9. The minimum absolute atomic E-state index is 0.109. The van der Waals surface area contributed by atoms with Crippen LogP contribution in [0, 0.1) is 28.6 Å². The van der Waals surface area contributed by atoms with Crippen molar-refractivity contribution in [2.45, 2.75) is 117 Å². The first-order chi connectivity index (χ1) is 21.2. The largest absolute Gasteiger partial charge is 0.483 e. The standard InChI is InChI=1S/C35H40O11/c1-17-16-41-22-18(21(17)36)10-11-19-20(22)23(42-27(39)34-14-12-32(8,25(37)45-34)30(34,4)5)24(29(2,3)44-19)43-28(40)35-15-13-33(9,26(38)46-35)31(35,6)7/h10-11,16,23-24H,12-15H2,1-9H3/t23-,24-,32?,33?,34?,35?/m1/s1. The Hall–Kier alpha value is -3.89. The molecule has 1 aromatic heterocycles. The summed E-state index contributed by atoms with van der Waals surface area (Å²) < 4.78 is 36.7. The van der Waals surface area contributed by atoms with Gasteiger partial charge in [0.05, 0.1) is 28.0 Å². The molecular weight excluding hydrogens is 596 g/mol. The second-order valence-electron chi connectivity index (χ2n) is 15.8. The van der Waals surface area contributed by atoms with Crippen molar-refractivity contribution in [2.75, 3.05) is 0 Å². The average Bonchev–Trinajstić information content (AvgIpc) is 3.44. The van der Waals surface area contributed by atoms with Crippen LogP contribution in [-0.2, 0) is 38.1 Å². The Balaban J connectivity index is 1.37. The highest BCUT2D eigenvalue weighted by atomic mass is 16.7. The minimum Gasteiger partial charge on any atom is -0.483 e. The second-order valence-corrected chi connectivity index (χ2v) is 15.8. The molecule has 4 heterocycles. The van der Waals surface area contributed by atoms with Gasteiger partial charge in [0.15, 0.2) is 17.6 Å². The van der Waals surface area contributed by atoms with Gasteiger partial charge in [-0.1, -0.05) is 27.7 Å². The van der Waals surface area contributed by atoms with E-state index in [9.17, 15) is 24.0 Å². The van der Waals surface area contributed by atoms with Crippen LogP contribution in [0.4, 0.5) is 0 Å². The van der Waals surface area contributed by atoms with E-state index >= 15 is 0 Å². The monoisotopic (exact) mass is 636 g/mol. The first-order valence-electron chi connectivity index (χ1n) is 15.8. The predicted octanol–water partition coefficient (Wildman–Crippen LogP) is 5.01. The molecule has 2 aromatic rings. The van der Waals surface area contributed by atoms with E-state index in [0.717, 1.165) is 0 Å². The summed E-state index contributed by atoms with van der Waals surface area (Å²) in [4.78, 5) is 68.0. The third-order valence-corrected chi connectivity index (χ3v) is 13.0. The van der Waals surface area contributed by atoms with E-state index in [-0.39, 0.29) is 40.6 Å². The summed E-state index contributed by atoms with van der Waals surface area (Å²) in [5.74, 6) is -2.25. The minimum atomic E-state index is -1.59. The topological polar surface area (TPSA) is 145 Å². The molecule has 1 aromatic carbocycles. The molecule has 2 aliphatic carbocycles. The van der Waals surface area contributed by atoms with Gasteiger partial charge in [-0.3, -0.25) is 14.4 Å². The number of hydrogen-bond acceptors (Lipinski definition) is 11. The number of aryl methyl sites for hydroxylation is 1. The molecule has 4 fully saturated rings. The number of esters is 4. The summed E-state index contributed by atoms with van der Waals surface area (Å²) in [5.41, 5.74) is -7.64. The zero-order valence-electron chi connectivity index (χ0n) is 27.7. The maximum atomic E-state index is 14.4. The SMILES string of the molecule is Cc1coc2c3c(ccc2c1=O)OC(C)(C)[C@H](OC(=O)C12CCC(C)(C(=O)O1)C2(C)C)[C@@H]3OC(=O)C12CCC(C)(C(=O)O1)C2(C)C. The smallest absolute Gasteiger partial charge is 0.351 e. The highest BCUT2D eigenvalue weighted by Crippen LogP contribution is 2.67. The van der Waals surface area contributed by atoms with E-state index in [2.05, 4.69) is 0 Å². The van der Waals surface area contributed by atoms with Crippen molar-refractivity contribution in [3.63, 3.8) is 0 Å². The zero-order valence-corrected chi connectivity index (χ0v) is 27.7. The van der Waals surface area contributed by atoms with Crippen LogP contribution in [0.15, 0.2) is 27.6 Å². The van der Waals surface area contributed by atoms with E-state index in [1.807, 2.05) is 27.7 Å². The maximum absolute atomic E-state index is 14.4. The van der Waals surface area contributed by atoms with Crippen LogP contribution in [0.25, 0.3) is 11.0 Å². The molecule has 3 aliphatic heterocycles. The number of hydrogen-bond donors (Lipinski definition) is 0. The van der Waals surface area contributed by atoms with E-state index in [1.54, 1.807) is 46.8 Å². The van der Waals surface area contributed by atoms with E-state index < -0.39 is 74.5 Å². The third-order valence-electron chi connectivity index (χ3n) is 13.0. The first-order valence-corrected chi connectivity index (χ1v) is 15.8. The van der Waals surface area contributed by atoms with Gasteiger partial charge in [0.2, 0.25) is 11.2 Å². The van der Waals surface area contributed by atoms with Gasteiger partial charge < -0.3 is 28.1 Å². The van der Waals surface area contributed by atoms with Crippen molar-refractivity contribution >= 4 is 34.8 Å². The Labute approximate surface area is 266 Å². The summed E-state index contributed by atoms with van der Waals surface area (Å²) in [6.07, 6.45) is 0.0452. The molecule has 0 N–H and O–H groups in total. The molecule has 2 saturated carbocycles. The fourth-order valence-electron chi connectivity index (χ4n) is 8.67. The number of carbonyl (C=O) groups excluding carboxylic acids is 4. The Kier molecular flexibility index (Phi) is 5.83. The van der Waals surface area contributed by atoms with Gasteiger partial charge in [-0.2, -0.15) is 0 Å². The van der Waals surface area contributed by atoms with Crippen LogP contribution in [0.1, 0.15) is 98.3 Å². The Bertz CT molecular complexity index is 1830. The van der Waals surface area contributed by atoms with Crippen molar-refractivity contribution in [3.05, 3.63) is 39.7 Å². The van der Waals surface area contributed by atoms with Gasteiger partial charge in [-0.15, -0.1) is 0 Å². The Morgan fingerprint density at radius 1 is 0.739 bits per heavy atom. The molecule has 11 heteroatoms. The molecule has 7 rings (SSSR count). The van der Waals surface area contributed by atoms with Crippen LogP contribution < -0.4 is 10.2 Å². The maximum Gasteiger partial charge on any atom is 0.351 e. The summed E-state index contributed by atoms with van der Waals surface area (Å²) in [6, 6.07) is 3.18. The van der Waals surface area contributed by atoms with Crippen molar-refractivity contribution < 1.29 is 47.3 Å². The molecule has 0 amide bonds. The summed E-state index contributed by atoms with van der Waals surface area (Å²) >= 11 is 0. The van der Waals surface area contributed by atoms with Crippen molar-refractivity contribution in [3.8, 4) is 5.75 Å². The molecular formula is C35H40O11. The van der Waals surface area contributed by atoms with Gasteiger partial charge in [0.1, 0.15) is 16.9 Å². The van der Waals surface area contributed by atoms with Crippen molar-refractivity contribution in [2.24, 2.45) is 21.7 Å². The fourth-order valence-corrected chi connectivity index (χ4v) is 8.67. The molecule has 4 unspecified atom stereocenters. The lowest BCUT2D eigenvalue weighted by molar-refractivity contribution is -0.217. The normalized spacial score (nSPS) is 37.3. The Morgan fingerprint density at radius 3 is 1.74 bits per heavy atom. The van der Waals surface area contributed by atoms with Gasteiger partial charge >= 0.3 is 23.9 Å². The lowest BCUT2D eigenvalue weighted by atomic mass is 9.66. The van der Waals surface area contributed by atoms with E-state index in [1.165, 1.54) is 6.26 Å². The van der Waals surface area contributed by atoms with Crippen LogP contribution in [-0.4, -0.2) is 46.8 Å². The average molecular weight is 637 g/mol. The third kappa shape index (κ3) is 3.26. The number of rotatable bonds is 4. The van der Waals surface area contributed by atoms with Crippen molar-refractivity contribution in [1.82, 2.24) is 0 Å². The van der Waals surface area contributed by atoms with Gasteiger partial charge in [0.25, 0.3) is 0 Å². The quantitative estimate of drug-likeness (QED) is 0.330. The van der Waals surface area contributed by atoms with Crippen LogP contribution in [0.3, 0.4) is 0 Å². The lowest BCUT2D eigenvalue weighted by Gasteiger charge is -2.45. The molecule has 5 aliphatic rings. The van der Waals surface area contributed by atoms with E-state index in [0.29, 0.717) is 18.4 Å². The molecule has 2 saturated heterocycles. The molecule has 6 atom stereocenters. The lowest BCUT2D eigenvalue weighted by Crippen LogP contribution is -2.57. The van der Waals surface area contributed by atoms with Gasteiger partial charge in [-0.05, 0) is 72.4 Å². The molecule has 11 nitrogen and oxygen atoms in total. The summed E-state index contributed by atoms with van der Waals surface area (Å²) in [5, 5.41) is 0.225. The predicted molar refractivity (Wildman–Crippen MR) is 161 cm³/mol. The van der Waals surface area contributed by atoms with Crippen LogP contribution in [0.5, 0.6) is 5.75 Å². The van der Waals surface area contributed by atoms with Gasteiger partial charge in [-0.25, -0.2) is 9.59 Å². The number of fused-ring (bicyclic) bond motifs is 7. The molecule has 0 spiro atoms. The van der Waals surface area contributed by atoms with Crippen LogP contribution in [0.2, 0.25) is 0 Å². The Morgan fingerprint density at radius 2 is 1.26 bits per heavy atom. The van der Waals surface area contributed by atoms with Crippen LogP contribution >= 0.6 is 0 Å². The molecule has 46 heavy (non-hydrogen) atoms. The number of benzene rings is 1. The summed E-state index contributed by atoms with van der Waals surface area (Å²) in [7, 11) is 0. The second kappa shape index (κ2) is 8.72. The molecule has 0 radical (unpaired) electrons. The van der Waals surface area contributed by atoms with Crippen molar-refractivity contribution in [1.29, 1.82) is 0 Å². The van der Waals surface area contributed by atoms with E-state index in [4.69, 9.17) is 28.1 Å². The highest BCUT2D eigenvalue weighted by molar-refractivity contribution is 5.95. The number of carbonyl (C=O) groups is 4. The highest BCUT2D eigenvalue weighted by Gasteiger charge is 2.78. The zero-order chi connectivity index (χ0) is 33.6. The molecule has 4 bridgehead atoms. The van der Waals surface area contributed by atoms with Gasteiger partial charge in [0, 0.05) is 16.4 Å². The fraction of sp³-hybridized carbons (Fsp3) is 0.629. The number of ether oxygens (including phenoxy) is 5. The first kappa shape index (κ1) is 30.7.